The molecular formula is C32H42F2N4O6. The maximum atomic E-state index is 16.1. The summed E-state index contributed by atoms with van der Waals surface area (Å²) in [6.45, 7) is 5.60. The van der Waals surface area contributed by atoms with Gasteiger partial charge in [-0.05, 0) is 68.9 Å². The highest BCUT2D eigenvalue weighted by Gasteiger charge is 2.62. The summed E-state index contributed by atoms with van der Waals surface area (Å²) in [5.41, 5.74) is 0.537. The second-order valence-electron chi connectivity index (χ2n) is 13.3. The van der Waals surface area contributed by atoms with Crippen molar-refractivity contribution in [2.45, 2.75) is 109 Å². The number of hydrogen-bond donors (Lipinski definition) is 1. The third-order valence-corrected chi connectivity index (χ3v) is 9.01. The number of amides is 2. The van der Waals surface area contributed by atoms with Gasteiger partial charge >= 0.3 is 12.0 Å². The molecule has 0 spiro atoms. The van der Waals surface area contributed by atoms with Crippen LogP contribution in [0.5, 0.6) is 11.6 Å². The van der Waals surface area contributed by atoms with E-state index in [4.69, 9.17) is 19.2 Å². The third-order valence-electron chi connectivity index (χ3n) is 9.01. The summed E-state index contributed by atoms with van der Waals surface area (Å²) in [4.78, 5) is 49.9. The van der Waals surface area contributed by atoms with Crippen molar-refractivity contribution in [1.29, 1.82) is 0 Å². The minimum atomic E-state index is -3.74. The van der Waals surface area contributed by atoms with Crippen molar-refractivity contribution in [2.75, 3.05) is 13.7 Å². The van der Waals surface area contributed by atoms with Crippen molar-refractivity contribution in [3.05, 3.63) is 23.9 Å². The highest BCUT2D eigenvalue weighted by Crippen LogP contribution is 2.40. The fourth-order valence-corrected chi connectivity index (χ4v) is 6.65. The number of aryl methyl sites for hydroxylation is 1. The minimum Gasteiger partial charge on any atom is -0.497 e. The third kappa shape index (κ3) is 6.44. The van der Waals surface area contributed by atoms with E-state index < -0.39 is 53.9 Å². The number of benzene rings is 1. The average molecular weight is 617 g/mol. The molecule has 10 nitrogen and oxygen atoms in total. The van der Waals surface area contributed by atoms with E-state index in [2.05, 4.69) is 10.3 Å². The first kappa shape index (κ1) is 31.8. The summed E-state index contributed by atoms with van der Waals surface area (Å²) in [6.07, 6.45) is 3.51. The van der Waals surface area contributed by atoms with Crippen molar-refractivity contribution >= 4 is 28.8 Å². The van der Waals surface area contributed by atoms with E-state index in [1.807, 2.05) is 0 Å². The first-order chi connectivity index (χ1) is 20.8. The fourth-order valence-electron chi connectivity index (χ4n) is 6.65. The molecule has 5 rings (SSSR count). The lowest BCUT2D eigenvalue weighted by molar-refractivity contribution is -0.150. The number of alkyl halides is 2. The number of alkyl carbamates (subject to hydrolysis) is 1. The number of ether oxygens (including phenoxy) is 3. The van der Waals surface area contributed by atoms with E-state index in [1.54, 1.807) is 39.0 Å². The predicted octanol–water partition coefficient (Wildman–Crippen LogP) is 5.25. The van der Waals surface area contributed by atoms with Crippen LogP contribution >= 0.6 is 0 Å². The van der Waals surface area contributed by atoms with Gasteiger partial charge in [-0.15, -0.1) is 0 Å². The number of ketones is 1. The molecule has 1 N–H and O–H groups in total. The second-order valence-corrected chi connectivity index (χ2v) is 13.3. The largest absolute Gasteiger partial charge is 0.497 e. The molecule has 3 heterocycles. The number of methoxy groups -OCH3 is 1. The second kappa shape index (κ2) is 12.4. The summed E-state index contributed by atoms with van der Waals surface area (Å²) in [6, 6.07) is 1.84. The van der Waals surface area contributed by atoms with E-state index in [9.17, 15) is 14.4 Å². The SMILES string of the molecule is COc1ccc2nc3c(nc2c1)O[C@H]1CN(C(=O)[C@H](C(C)(C)C)NC(=O)O[C@@H]2CCC[C@H]2CCCCC3)[C@H](C(C)=O)C1(F)F. The van der Waals surface area contributed by atoms with E-state index in [-0.39, 0.29) is 17.9 Å². The zero-order valence-corrected chi connectivity index (χ0v) is 26.0. The fraction of sp³-hybridized carbons (Fsp3) is 0.656. The van der Waals surface area contributed by atoms with Gasteiger partial charge < -0.3 is 24.4 Å². The summed E-state index contributed by atoms with van der Waals surface area (Å²) >= 11 is 0. The van der Waals surface area contributed by atoms with Crippen molar-refractivity contribution < 1.29 is 37.4 Å². The number of nitrogens with one attached hydrogen (secondary N) is 1. The van der Waals surface area contributed by atoms with Crippen LogP contribution in [-0.4, -0.2) is 76.5 Å². The lowest BCUT2D eigenvalue weighted by Crippen LogP contribution is -2.58. The molecule has 2 aromatic rings. The molecule has 3 aliphatic rings. The van der Waals surface area contributed by atoms with Gasteiger partial charge in [0.05, 0.1) is 24.7 Å². The van der Waals surface area contributed by atoms with Crippen molar-refractivity contribution in [3.8, 4) is 11.6 Å². The molecule has 2 aliphatic heterocycles. The molecule has 5 atom stereocenters. The Labute approximate surface area is 256 Å². The van der Waals surface area contributed by atoms with E-state index >= 15 is 8.78 Å². The Kier molecular flexibility index (Phi) is 9.00. The van der Waals surface area contributed by atoms with Crippen LogP contribution in [0, 0.1) is 11.3 Å². The average Bonchev–Trinajstić information content (AvgIpc) is 3.50. The Morgan fingerprint density at radius 2 is 1.80 bits per heavy atom. The summed E-state index contributed by atoms with van der Waals surface area (Å²) in [5.74, 6) is -4.77. The van der Waals surface area contributed by atoms with Gasteiger partial charge in [-0.25, -0.2) is 14.8 Å². The molecule has 1 aromatic carbocycles. The Morgan fingerprint density at radius 1 is 1.05 bits per heavy atom. The normalized spacial score (nSPS) is 28.2. The molecule has 12 heteroatoms. The van der Waals surface area contributed by atoms with Crippen LogP contribution in [0.15, 0.2) is 18.2 Å². The summed E-state index contributed by atoms with van der Waals surface area (Å²) < 4.78 is 49.2. The number of hydrogen-bond acceptors (Lipinski definition) is 8. The summed E-state index contributed by atoms with van der Waals surface area (Å²) in [7, 11) is 1.51. The molecule has 240 valence electrons. The van der Waals surface area contributed by atoms with Gasteiger partial charge in [-0.1, -0.05) is 33.6 Å². The number of halogens is 2. The number of rotatable bonds is 2. The van der Waals surface area contributed by atoms with Gasteiger partial charge in [0.2, 0.25) is 11.8 Å². The van der Waals surface area contributed by atoms with Crippen LogP contribution in [0.4, 0.5) is 13.6 Å². The van der Waals surface area contributed by atoms with E-state index in [0.29, 0.717) is 28.9 Å². The molecule has 44 heavy (non-hydrogen) atoms. The highest BCUT2D eigenvalue weighted by molar-refractivity contribution is 5.93. The zero-order chi connectivity index (χ0) is 31.8. The quantitative estimate of drug-likeness (QED) is 0.486. The number of fused-ring (bicyclic) bond motifs is 5. The van der Waals surface area contributed by atoms with Gasteiger partial charge in [0.15, 0.2) is 17.9 Å². The van der Waals surface area contributed by atoms with Crippen molar-refractivity contribution in [1.82, 2.24) is 20.2 Å². The maximum Gasteiger partial charge on any atom is 0.408 e. The predicted molar refractivity (Wildman–Crippen MR) is 158 cm³/mol. The van der Waals surface area contributed by atoms with E-state index in [1.165, 1.54) is 7.11 Å². The molecule has 1 saturated carbocycles. The highest BCUT2D eigenvalue weighted by atomic mass is 19.3. The monoisotopic (exact) mass is 616 g/mol. The van der Waals surface area contributed by atoms with E-state index in [0.717, 1.165) is 56.8 Å². The molecular weight excluding hydrogens is 574 g/mol. The van der Waals surface area contributed by atoms with Gasteiger partial charge in [-0.3, -0.25) is 9.59 Å². The molecule has 0 radical (unpaired) electrons. The first-order valence-electron chi connectivity index (χ1n) is 15.5. The molecule has 2 amide bonds. The number of nitrogens with zero attached hydrogens (tertiary/aromatic N) is 3. The van der Waals surface area contributed by atoms with Crippen molar-refractivity contribution in [3.63, 3.8) is 0 Å². The lowest BCUT2D eigenvalue weighted by atomic mass is 9.85. The molecule has 1 saturated heterocycles. The van der Waals surface area contributed by atoms with Crippen LogP contribution in [0.25, 0.3) is 11.0 Å². The Morgan fingerprint density at radius 3 is 2.50 bits per heavy atom. The standard InChI is InChI=1S/C32H42F2N4O6/c1-18(39)27-32(33,34)25-17-38(27)29(40)26(31(2,3)4)37-30(41)43-24-13-9-11-19(24)10-7-6-8-12-22-28(44-25)36-23-16-20(42-5)14-15-21(23)35-22/h14-16,19,24-27H,6-13,17H2,1-5H3,(H,37,41)/t19-,24-,25+,26-,27-/m1/s1. The van der Waals surface area contributed by atoms with Gasteiger partial charge in [0, 0.05) is 6.07 Å². The topological polar surface area (TPSA) is 120 Å². The molecule has 0 unspecified atom stereocenters. The zero-order valence-electron chi connectivity index (χ0n) is 26.0. The van der Waals surface area contributed by atoms with Gasteiger partial charge in [-0.2, -0.15) is 8.78 Å². The number of carbonyl (C=O) groups excluding carboxylic acids is 3. The maximum absolute atomic E-state index is 16.1. The Bertz CT molecular complexity index is 1410. The van der Waals surface area contributed by atoms with Crippen LogP contribution in [0.2, 0.25) is 0 Å². The Hall–Kier alpha value is -3.57. The van der Waals surface area contributed by atoms with Crippen molar-refractivity contribution in [2.24, 2.45) is 11.3 Å². The molecule has 1 aromatic heterocycles. The van der Waals surface area contributed by atoms with Gasteiger partial charge in [0.1, 0.15) is 23.6 Å². The minimum absolute atomic E-state index is 0.0573. The molecule has 2 fully saturated rings. The van der Waals surface area contributed by atoms with Crippen LogP contribution in [0.3, 0.4) is 0 Å². The lowest BCUT2D eigenvalue weighted by Gasteiger charge is -2.35. The first-order valence-corrected chi connectivity index (χ1v) is 15.5. The Balaban J connectivity index is 1.55. The number of Topliss-reactive ketones (excluding diaryl/α,β-unsaturated/α-hetero) is 1. The van der Waals surface area contributed by atoms with Gasteiger partial charge in [0.25, 0.3) is 0 Å². The van der Waals surface area contributed by atoms with Crippen LogP contribution < -0.4 is 14.8 Å². The molecule has 1 aliphatic carbocycles. The van der Waals surface area contributed by atoms with Crippen LogP contribution in [0.1, 0.15) is 78.3 Å². The van der Waals surface area contributed by atoms with Crippen LogP contribution in [-0.2, 0) is 20.7 Å². The number of carbonyl (C=O) groups is 3. The summed E-state index contributed by atoms with van der Waals surface area (Å²) in [5, 5.41) is 2.66. The number of aromatic nitrogens is 2. The smallest absolute Gasteiger partial charge is 0.408 e. The molecule has 2 bridgehead atoms.